The molecule has 5 heteroatoms. The number of nitrogen functional groups attached to an aromatic ring is 1. The van der Waals surface area contributed by atoms with E-state index in [1.54, 1.807) is 12.1 Å². The summed E-state index contributed by atoms with van der Waals surface area (Å²) in [4.78, 5) is 11.2. The normalized spacial score (nSPS) is 18.3. The minimum atomic E-state index is -0.951. The SMILES string of the molecule is CC1(Nc2cc(N)ccc2C(=O)O)CCOCC1. The van der Waals surface area contributed by atoms with Crippen molar-refractivity contribution in [3.63, 3.8) is 0 Å². The van der Waals surface area contributed by atoms with Crippen molar-refractivity contribution in [1.29, 1.82) is 0 Å². The topological polar surface area (TPSA) is 84.6 Å². The molecule has 5 nitrogen and oxygen atoms in total. The van der Waals surface area contributed by atoms with Crippen LogP contribution in [0.25, 0.3) is 0 Å². The van der Waals surface area contributed by atoms with E-state index < -0.39 is 5.97 Å². The van der Waals surface area contributed by atoms with Crippen molar-refractivity contribution in [3.8, 4) is 0 Å². The number of nitrogens with one attached hydrogen (secondary N) is 1. The van der Waals surface area contributed by atoms with Gasteiger partial charge in [0.25, 0.3) is 0 Å². The van der Waals surface area contributed by atoms with E-state index in [2.05, 4.69) is 12.2 Å². The molecule has 1 saturated heterocycles. The predicted octanol–water partition coefficient (Wildman–Crippen LogP) is 1.95. The summed E-state index contributed by atoms with van der Waals surface area (Å²) in [5.74, 6) is -0.951. The number of carboxylic acids is 1. The largest absolute Gasteiger partial charge is 0.478 e. The van der Waals surface area contributed by atoms with Crippen molar-refractivity contribution < 1.29 is 14.6 Å². The summed E-state index contributed by atoms with van der Waals surface area (Å²) in [5, 5.41) is 12.5. The van der Waals surface area contributed by atoms with Crippen molar-refractivity contribution in [3.05, 3.63) is 23.8 Å². The molecule has 1 fully saturated rings. The minimum absolute atomic E-state index is 0.143. The number of carboxylic acid groups (broad SMARTS) is 1. The van der Waals surface area contributed by atoms with Crippen LogP contribution in [0.5, 0.6) is 0 Å². The summed E-state index contributed by atoms with van der Waals surface area (Å²) in [6.45, 7) is 3.45. The number of hydrogen-bond donors (Lipinski definition) is 3. The summed E-state index contributed by atoms with van der Waals surface area (Å²) in [6.07, 6.45) is 1.70. The van der Waals surface area contributed by atoms with E-state index in [1.807, 2.05) is 0 Å². The molecule has 0 radical (unpaired) electrons. The first-order chi connectivity index (χ1) is 8.50. The maximum Gasteiger partial charge on any atom is 0.337 e. The van der Waals surface area contributed by atoms with Crippen LogP contribution in [-0.2, 0) is 4.74 Å². The second-order valence-electron chi connectivity index (χ2n) is 4.91. The Kier molecular flexibility index (Phi) is 3.43. The van der Waals surface area contributed by atoms with Gasteiger partial charge in [0, 0.05) is 24.4 Å². The van der Waals surface area contributed by atoms with Gasteiger partial charge < -0.3 is 20.9 Å². The summed E-state index contributed by atoms with van der Waals surface area (Å²) in [6, 6.07) is 4.80. The fourth-order valence-electron chi connectivity index (χ4n) is 2.12. The number of aromatic carboxylic acids is 1. The van der Waals surface area contributed by atoms with Crippen LogP contribution in [0, 0.1) is 0 Å². The molecule has 0 saturated carbocycles. The lowest BCUT2D eigenvalue weighted by molar-refractivity contribution is 0.0655. The average Bonchev–Trinajstić information content (AvgIpc) is 2.28. The van der Waals surface area contributed by atoms with Crippen molar-refractivity contribution >= 4 is 17.3 Å². The Labute approximate surface area is 106 Å². The first-order valence-electron chi connectivity index (χ1n) is 5.99. The van der Waals surface area contributed by atoms with Gasteiger partial charge in [0.2, 0.25) is 0 Å². The highest BCUT2D eigenvalue weighted by molar-refractivity contribution is 5.95. The van der Waals surface area contributed by atoms with E-state index in [1.165, 1.54) is 6.07 Å². The van der Waals surface area contributed by atoms with Crippen molar-refractivity contribution in [2.24, 2.45) is 0 Å². The molecule has 1 aliphatic rings. The van der Waals surface area contributed by atoms with Gasteiger partial charge in [-0.05, 0) is 38.0 Å². The second kappa shape index (κ2) is 4.86. The maximum absolute atomic E-state index is 11.2. The minimum Gasteiger partial charge on any atom is -0.478 e. The Morgan fingerprint density at radius 2 is 2.11 bits per heavy atom. The third kappa shape index (κ3) is 2.73. The van der Waals surface area contributed by atoms with Gasteiger partial charge in [0.1, 0.15) is 0 Å². The summed E-state index contributed by atoms with van der Waals surface area (Å²) < 4.78 is 5.32. The van der Waals surface area contributed by atoms with Crippen LogP contribution in [0.3, 0.4) is 0 Å². The molecule has 0 aromatic heterocycles. The van der Waals surface area contributed by atoms with Crippen LogP contribution in [0.15, 0.2) is 18.2 Å². The molecule has 0 atom stereocenters. The molecule has 1 aliphatic heterocycles. The zero-order chi connectivity index (χ0) is 13.2. The van der Waals surface area contributed by atoms with Crippen LogP contribution in [0.1, 0.15) is 30.1 Å². The van der Waals surface area contributed by atoms with E-state index in [4.69, 9.17) is 15.6 Å². The Balaban J connectivity index is 2.26. The Hall–Kier alpha value is -1.75. The molecule has 18 heavy (non-hydrogen) atoms. The fraction of sp³-hybridized carbons (Fsp3) is 0.462. The van der Waals surface area contributed by atoms with Gasteiger partial charge in [0.15, 0.2) is 0 Å². The molecule has 0 bridgehead atoms. The predicted molar refractivity (Wildman–Crippen MR) is 69.9 cm³/mol. The fourth-order valence-corrected chi connectivity index (χ4v) is 2.12. The summed E-state index contributed by atoms with van der Waals surface area (Å²) >= 11 is 0. The van der Waals surface area contributed by atoms with Crippen LogP contribution >= 0.6 is 0 Å². The van der Waals surface area contributed by atoms with E-state index >= 15 is 0 Å². The van der Waals surface area contributed by atoms with Crippen molar-refractivity contribution in [2.45, 2.75) is 25.3 Å². The third-order valence-corrected chi connectivity index (χ3v) is 3.31. The Morgan fingerprint density at radius 3 is 2.72 bits per heavy atom. The lowest BCUT2D eigenvalue weighted by atomic mass is 9.91. The molecular formula is C13H18N2O3. The van der Waals surface area contributed by atoms with Crippen LogP contribution in [0.4, 0.5) is 11.4 Å². The van der Waals surface area contributed by atoms with E-state index in [0.29, 0.717) is 24.6 Å². The molecule has 2 rings (SSSR count). The molecule has 1 aromatic rings. The second-order valence-corrected chi connectivity index (χ2v) is 4.91. The highest BCUT2D eigenvalue weighted by Gasteiger charge is 2.28. The maximum atomic E-state index is 11.2. The van der Waals surface area contributed by atoms with Gasteiger partial charge >= 0.3 is 5.97 Å². The number of carbonyl (C=O) groups is 1. The van der Waals surface area contributed by atoms with E-state index in [0.717, 1.165) is 12.8 Å². The molecule has 0 spiro atoms. The highest BCUT2D eigenvalue weighted by Crippen LogP contribution is 2.28. The molecule has 1 heterocycles. The number of rotatable bonds is 3. The number of benzene rings is 1. The Morgan fingerprint density at radius 1 is 1.44 bits per heavy atom. The zero-order valence-corrected chi connectivity index (χ0v) is 10.4. The van der Waals surface area contributed by atoms with Crippen molar-refractivity contribution in [1.82, 2.24) is 0 Å². The van der Waals surface area contributed by atoms with Gasteiger partial charge in [-0.2, -0.15) is 0 Å². The third-order valence-electron chi connectivity index (χ3n) is 3.31. The smallest absolute Gasteiger partial charge is 0.337 e. The number of anilines is 2. The first kappa shape index (κ1) is 12.7. The van der Waals surface area contributed by atoms with Gasteiger partial charge in [-0.25, -0.2) is 4.79 Å². The van der Waals surface area contributed by atoms with Gasteiger partial charge in [-0.15, -0.1) is 0 Å². The van der Waals surface area contributed by atoms with Crippen molar-refractivity contribution in [2.75, 3.05) is 24.3 Å². The molecule has 98 valence electrons. The quantitative estimate of drug-likeness (QED) is 0.714. The van der Waals surface area contributed by atoms with E-state index in [-0.39, 0.29) is 11.1 Å². The van der Waals surface area contributed by atoms with E-state index in [9.17, 15) is 4.79 Å². The monoisotopic (exact) mass is 250 g/mol. The lowest BCUT2D eigenvalue weighted by Crippen LogP contribution is -2.41. The molecule has 4 N–H and O–H groups in total. The summed E-state index contributed by atoms with van der Waals surface area (Å²) in [5.41, 5.74) is 6.95. The van der Waals surface area contributed by atoms with Crippen LogP contribution < -0.4 is 11.1 Å². The molecule has 0 aliphatic carbocycles. The first-order valence-corrected chi connectivity index (χ1v) is 5.99. The van der Waals surface area contributed by atoms with Gasteiger partial charge in [0.05, 0.1) is 11.3 Å². The zero-order valence-electron chi connectivity index (χ0n) is 10.4. The highest BCUT2D eigenvalue weighted by atomic mass is 16.5. The van der Waals surface area contributed by atoms with Gasteiger partial charge in [-0.3, -0.25) is 0 Å². The van der Waals surface area contributed by atoms with Crippen LogP contribution in [-0.4, -0.2) is 29.8 Å². The number of nitrogens with two attached hydrogens (primary N) is 1. The average molecular weight is 250 g/mol. The number of ether oxygens (including phenoxy) is 1. The molecule has 0 unspecified atom stereocenters. The Bertz CT molecular complexity index is 454. The summed E-state index contributed by atoms with van der Waals surface area (Å²) in [7, 11) is 0. The van der Waals surface area contributed by atoms with Gasteiger partial charge in [-0.1, -0.05) is 0 Å². The lowest BCUT2D eigenvalue weighted by Gasteiger charge is -2.35. The number of hydrogen-bond acceptors (Lipinski definition) is 4. The molecular weight excluding hydrogens is 232 g/mol. The molecule has 1 aromatic carbocycles. The standard InChI is InChI=1S/C13H18N2O3/c1-13(4-6-18-7-5-13)15-11-8-9(14)2-3-10(11)12(16)17/h2-3,8,15H,4-7,14H2,1H3,(H,16,17). The molecule has 0 amide bonds. The van der Waals surface area contributed by atoms with Crippen LogP contribution in [0.2, 0.25) is 0 Å².